The second kappa shape index (κ2) is 9.60. The molecule has 0 saturated heterocycles. The van der Waals surface area contributed by atoms with Gasteiger partial charge in [-0.15, -0.1) is 0 Å². The molecule has 0 saturated carbocycles. The summed E-state index contributed by atoms with van der Waals surface area (Å²) in [5.41, 5.74) is 2.12. The number of hydrogen-bond donors (Lipinski definition) is 2. The molecule has 1 aliphatic heterocycles. The molecule has 8 nitrogen and oxygen atoms in total. The first-order chi connectivity index (χ1) is 14.5. The van der Waals surface area contributed by atoms with E-state index in [9.17, 15) is 14.4 Å². The first kappa shape index (κ1) is 20.9. The number of amides is 2. The topological polar surface area (TPSA) is 103 Å². The third-order valence-corrected chi connectivity index (χ3v) is 4.33. The second-order valence-corrected chi connectivity index (χ2v) is 6.36. The Labute approximate surface area is 173 Å². The monoisotopic (exact) mass is 410 g/mol. The van der Waals surface area contributed by atoms with Gasteiger partial charge >= 0.3 is 5.97 Å². The number of benzene rings is 2. The highest BCUT2D eigenvalue weighted by atomic mass is 16.5. The molecule has 3 rings (SSSR count). The molecular weight excluding hydrogens is 388 g/mol. The van der Waals surface area contributed by atoms with Crippen LogP contribution in [0, 0.1) is 0 Å². The van der Waals surface area contributed by atoms with E-state index in [-0.39, 0.29) is 19.1 Å². The minimum Gasteiger partial charge on any atom is -0.490 e. The van der Waals surface area contributed by atoms with Gasteiger partial charge in [-0.05, 0) is 43.3 Å². The summed E-state index contributed by atoms with van der Waals surface area (Å²) >= 11 is 0. The average molecular weight is 410 g/mol. The van der Waals surface area contributed by atoms with Gasteiger partial charge in [0.25, 0.3) is 11.8 Å². The number of hydrogen-bond acceptors (Lipinski definition) is 6. The number of para-hydroxylation sites is 1. The van der Waals surface area contributed by atoms with Crippen LogP contribution in [0.2, 0.25) is 0 Å². The Hall–Kier alpha value is -3.81. The number of carbonyl (C=O) groups is 3. The standard InChI is InChI=1S/C22H22N2O6/c1-3-29-18-6-4-5-15-11-16(13-30-20(15)18)22(27)24-17-9-7-14(8-10-17)21(26)23-12-19(25)28-2/h4-11H,3,12-13H2,1-2H3,(H,23,26)(H,24,27). The maximum atomic E-state index is 12.6. The van der Waals surface area contributed by atoms with Crippen LogP contribution in [0.25, 0.3) is 6.08 Å². The first-order valence-corrected chi connectivity index (χ1v) is 9.37. The summed E-state index contributed by atoms with van der Waals surface area (Å²) in [6, 6.07) is 11.8. The average Bonchev–Trinajstić information content (AvgIpc) is 2.77. The number of anilines is 1. The van der Waals surface area contributed by atoms with Crippen LogP contribution in [-0.4, -0.2) is 44.7 Å². The van der Waals surface area contributed by atoms with E-state index < -0.39 is 11.9 Å². The van der Waals surface area contributed by atoms with Gasteiger partial charge in [0.15, 0.2) is 11.5 Å². The van der Waals surface area contributed by atoms with Crippen molar-refractivity contribution in [1.29, 1.82) is 0 Å². The van der Waals surface area contributed by atoms with Crippen molar-refractivity contribution in [3.05, 3.63) is 59.2 Å². The summed E-state index contributed by atoms with van der Waals surface area (Å²) in [5, 5.41) is 5.23. The number of rotatable bonds is 7. The maximum Gasteiger partial charge on any atom is 0.325 e. The van der Waals surface area contributed by atoms with Crippen molar-refractivity contribution in [2.45, 2.75) is 6.92 Å². The SMILES string of the molecule is CCOc1cccc2c1OCC(C(=O)Nc1ccc(C(=O)NCC(=O)OC)cc1)=C2. The minimum absolute atomic E-state index is 0.122. The van der Waals surface area contributed by atoms with Crippen LogP contribution in [0.3, 0.4) is 0 Å². The van der Waals surface area contributed by atoms with Crippen LogP contribution in [0.1, 0.15) is 22.8 Å². The van der Waals surface area contributed by atoms with E-state index in [4.69, 9.17) is 9.47 Å². The van der Waals surface area contributed by atoms with Gasteiger partial charge < -0.3 is 24.8 Å². The normalized spacial score (nSPS) is 12.0. The Balaban J connectivity index is 1.64. The van der Waals surface area contributed by atoms with Crippen LogP contribution >= 0.6 is 0 Å². The zero-order chi connectivity index (χ0) is 21.5. The van der Waals surface area contributed by atoms with Crippen molar-refractivity contribution in [3.63, 3.8) is 0 Å². The van der Waals surface area contributed by atoms with Gasteiger partial charge in [0.1, 0.15) is 13.2 Å². The van der Waals surface area contributed by atoms with Gasteiger partial charge in [-0.2, -0.15) is 0 Å². The van der Waals surface area contributed by atoms with E-state index in [2.05, 4.69) is 15.4 Å². The quantitative estimate of drug-likeness (QED) is 0.680. The fraction of sp³-hybridized carbons (Fsp3) is 0.227. The van der Waals surface area contributed by atoms with Crippen molar-refractivity contribution in [3.8, 4) is 11.5 Å². The Kier molecular flexibility index (Phi) is 6.69. The molecule has 0 unspecified atom stereocenters. The predicted octanol–water partition coefficient (Wildman–Crippen LogP) is 2.40. The van der Waals surface area contributed by atoms with Gasteiger partial charge in [0, 0.05) is 16.8 Å². The van der Waals surface area contributed by atoms with E-state index in [1.54, 1.807) is 30.3 Å². The molecule has 1 aliphatic rings. The number of nitrogens with one attached hydrogen (secondary N) is 2. The highest BCUT2D eigenvalue weighted by Gasteiger charge is 2.20. The lowest BCUT2D eigenvalue weighted by Crippen LogP contribution is -2.30. The van der Waals surface area contributed by atoms with Crippen molar-refractivity contribution in [2.75, 3.05) is 32.2 Å². The Bertz CT molecular complexity index is 982. The molecule has 1 heterocycles. The third kappa shape index (κ3) is 4.96. The fourth-order valence-electron chi connectivity index (χ4n) is 2.82. The Morgan fingerprint density at radius 3 is 2.53 bits per heavy atom. The lowest BCUT2D eigenvalue weighted by atomic mass is 10.1. The van der Waals surface area contributed by atoms with Gasteiger partial charge in [-0.1, -0.05) is 12.1 Å². The van der Waals surface area contributed by atoms with Crippen LogP contribution < -0.4 is 20.1 Å². The molecule has 0 spiro atoms. The molecule has 30 heavy (non-hydrogen) atoms. The van der Waals surface area contributed by atoms with Crippen molar-refractivity contribution >= 4 is 29.5 Å². The van der Waals surface area contributed by atoms with Gasteiger partial charge in [-0.3, -0.25) is 14.4 Å². The molecule has 156 valence electrons. The summed E-state index contributed by atoms with van der Waals surface area (Å²) in [5.74, 6) is 0.0175. The largest absolute Gasteiger partial charge is 0.490 e. The molecule has 2 N–H and O–H groups in total. The number of fused-ring (bicyclic) bond motifs is 1. The van der Waals surface area contributed by atoms with Crippen molar-refractivity contribution in [1.82, 2.24) is 5.32 Å². The van der Waals surface area contributed by atoms with Crippen LogP contribution in [-0.2, 0) is 14.3 Å². The molecule has 0 aromatic heterocycles. The summed E-state index contributed by atoms with van der Waals surface area (Å²) in [6.45, 7) is 2.32. The smallest absolute Gasteiger partial charge is 0.325 e. The highest BCUT2D eigenvalue weighted by molar-refractivity contribution is 6.07. The summed E-state index contributed by atoms with van der Waals surface area (Å²) in [7, 11) is 1.25. The summed E-state index contributed by atoms with van der Waals surface area (Å²) in [6.07, 6.45) is 1.77. The molecule has 2 aromatic rings. The van der Waals surface area contributed by atoms with E-state index in [1.165, 1.54) is 7.11 Å². The van der Waals surface area contributed by atoms with Gasteiger partial charge in [0.05, 0.1) is 19.3 Å². The molecule has 8 heteroatoms. The lowest BCUT2D eigenvalue weighted by molar-refractivity contribution is -0.139. The minimum atomic E-state index is -0.537. The molecule has 0 radical (unpaired) electrons. The van der Waals surface area contributed by atoms with E-state index in [1.807, 2.05) is 25.1 Å². The number of ether oxygens (including phenoxy) is 3. The van der Waals surface area contributed by atoms with Crippen LogP contribution in [0.15, 0.2) is 48.0 Å². The van der Waals surface area contributed by atoms with E-state index in [0.29, 0.717) is 34.9 Å². The predicted molar refractivity (Wildman–Crippen MR) is 111 cm³/mol. The maximum absolute atomic E-state index is 12.6. The van der Waals surface area contributed by atoms with Crippen molar-refractivity contribution in [2.24, 2.45) is 0 Å². The van der Waals surface area contributed by atoms with Crippen LogP contribution in [0.5, 0.6) is 11.5 Å². The van der Waals surface area contributed by atoms with Gasteiger partial charge in [-0.25, -0.2) is 0 Å². The zero-order valence-electron chi connectivity index (χ0n) is 16.7. The number of esters is 1. The molecule has 0 fully saturated rings. The molecule has 0 atom stereocenters. The molecular formula is C22H22N2O6. The Morgan fingerprint density at radius 2 is 1.83 bits per heavy atom. The summed E-state index contributed by atoms with van der Waals surface area (Å²) < 4.78 is 15.8. The summed E-state index contributed by atoms with van der Waals surface area (Å²) in [4.78, 5) is 35.7. The molecule has 0 aliphatic carbocycles. The fourth-order valence-corrected chi connectivity index (χ4v) is 2.82. The molecule has 2 aromatic carbocycles. The van der Waals surface area contributed by atoms with E-state index >= 15 is 0 Å². The third-order valence-electron chi connectivity index (χ3n) is 4.33. The van der Waals surface area contributed by atoms with Crippen molar-refractivity contribution < 1.29 is 28.6 Å². The first-order valence-electron chi connectivity index (χ1n) is 9.37. The number of methoxy groups -OCH3 is 1. The molecule has 2 amide bonds. The Morgan fingerprint density at radius 1 is 1.07 bits per heavy atom. The van der Waals surface area contributed by atoms with Gasteiger partial charge in [0.2, 0.25) is 0 Å². The van der Waals surface area contributed by atoms with Crippen LogP contribution in [0.4, 0.5) is 5.69 Å². The number of carbonyl (C=O) groups excluding carboxylic acids is 3. The highest BCUT2D eigenvalue weighted by Crippen LogP contribution is 2.35. The van der Waals surface area contributed by atoms with E-state index in [0.717, 1.165) is 5.56 Å². The molecule has 0 bridgehead atoms. The lowest BCUT2D eigenvalue weighted by Gasteiger charge is -2.20. The zero-order valence-corrected chi connectivity index (χ0v) is 16.7. The second-order valence-electron chi connectivity index (χ2n) is 6.36.